The molecule has 4 rings (SSSR count). The van der Waals surface area contributed by atoms with E-state index in [4.69, 9.17) is 13.9 Å². The smallest absolute Gasteiger partial charge is 0.338 e. The van der Waals surface area contributed by atoms with E-state index in [-0.39, 0.29) is 25.2 Å². The lowest BCUT2D eigenvalue weighted by atomic mass is 10.0. The van der Waals surface area contributed by atoms with E-state index in [2.05, 4.69) is 0 Å². The Morgan fingerprint density at radius 3 is 2.64 bits per heavy atom. The topological polar surface area (TPSA) is 86.0 Å². The lowest BCUT2D eigenvalue weighted by Crippen LogP contribution is -2.44. The molecule has 0 saturated carbocycles. The Bertz CT molecular complexity index is 1210. The number of rotatable bonds is 6. The van der Waals surface area contributed by atoms with Crippen LogP contribution in [0.3, 0.4) is 0 Å². The molecule has 7 heteroatoms. The van der Waals surface area contributed by atoms with E-state index in [1.165, 1.54) is 6.07 Å². The molecule has 3 aromatic rings. The SMILES string of the molecule is Cc1cc(=O)oc2cc(OCc3ccc(C(=O)OCC(=O)N4CCCC[C@H]4C)cc3)ccc12. The van der Waals surface area contributed by atoms with Crippen molar-refractivity contribution in [3.63, 3.8) is 0 Å². The number of piperidine rings is 1. The zero-order valence-electron chi connectivity index (χ0n) is 18.8. The standard InChI is InChI=1S/C26H27NO6/c1-17-13-25(29)33-23-14-21(10-11-22(17)23)31-15-19-6-8-20(9-7-19)26(30)32-16-24(28)27-12-4-3-5-18(27)2/h6-11,13-14,18H,3-5,12,15-16H2,1-2H3/t18-/m1/s1. The number of carbonyl (C=O) groups excluding carboxylic acids is 2. The number of aryl methyl sites for hydroxylation is 1. The molecule has 1 saturated heterocycles. The van der Waals surface area contributed by atoms with Crippen LogP contribution < -0.4 is 10.4 Å². The van der Waals surface area contributed by atoms with Gasteiger partial charge in [0.1, 0.15) is 17.9 Å². The van der Waals surface area contributed by atoms with Crippen molar-refractivity contribution in [2.24, 2.45) is 0 Å². The molecule has 0 N–H and O–H groups in total. The molecule has 1 aliphatic heterocycles. The second kappa shape index (κ2) is 9.90. The van der Waals surface area contributed by atoms with Crippen LogP contribution in [0.5, 0.6) is 5.75 Å². The molecule has 1 atom stereocenters. The van der Waals surface area contributed by atoms with E-state index < -0.39 is 11.6 Å². The first-order chi connectivity index (χ1) is 15.9. The molecule has 1 amide bonds. The molecular weight excluding hydrogens is 422 g/mol. The largest absolute Gasteiger partial charge is 0.489 e. The second-order valence-electron chi connectivity index (χ2n) is 8.40. The van der Waals surface area contributed by atoms with Crippen molar-refractivity contribution in [3.05, 3.63) is 75.6 Å². The summed E-state index contributed by atoms with van der Waals surface area (Å²) in [4.78, 5) is 38.1. The molecule has 0 bridgehead atoms. The fourth-order valence-electron chi connectivity index (χ4n) is 4.06. The third kappa shape index (κ3) is 5.42. The van der Waals surface area contributed by atoms with Crippen LogP contribution in [-0.2, 0) is 16.1 Å². The maximum Gasteiger partial charge on any atom is 0.338 e. The molecule has 0 radical (unpaired) electrons. The highest BCUT2D eigenvalue weighted by Crippen LogP contribution is 2.23. The lowest BCUT2D eigenvalue weighted by Gasteiger charge is -2.33. The fraction of sp³-hybridized carbons (Fsp3) is 0.346. The maximum atomic E-state index is 12.3. The first-order valence-corrected chi connectivity index (χ1v) is 11.1. The van der Waals surface area contributed by atoms with Gasteiger partial charge in [0.05, 0.1) is 5.56 Å². The number of amides is 1. The summed E-state index contributed by atoms with van der Waals surface area (Å²) < 4.78 is 16.3. The number of likely N-dealkylation sites (tertiary alicyclic amines) is 1. The van der Waals surface area contributed by atoms with Gasteiger partial charge in [0.25, 0.3) is 5.91 Å². The van der Waals surface area contributed by atoms with E-state index in [1.807, 2.05) is 26.0 Å². The molecule has 0 spiro atoms. The minimum Gasteiger partial charge on any atom is -0.489 e. The van der Waals surface area contributed by atoms with Crippen LogP contribution in [0.25, 0.3) is 11.0 Å². The molecule has 7 nitrogen and oxygen atoms in total. The summed E-state index contributed by atoms with van der Waals surface area (Å²) in [5, 5.41) is 0.859. The summed E-state index contributed by atoms with van der Waals surface area (Å²) in [7, 11) is 0. The zero-order valence-corrected chi connectivity index (χ0v) is 18.8. The number of carbonyl (C=O) groups is 2. The quantitative estimate of drug-likeness (QED) is 0.413. The Morgan fingerprint density at radius 2 is 1.88 bits per heavy atom. The maximum absolute atomic E-state index is 12.3. The summed E-state index contributed by atoms with van der Waals surface area (Å²) in [6.07, 6.45) is 3.09. The highest BCUT2D eigenvalue weighted by molar-refractivity contribution is 5.91. The van der Waals surface area contributed by atoms with Crippen LogP contribution in [0.2, 0.25) is 0 Å². The van der Waals surface area contributed by atoms with Gasteiger partial charge in [0.15, 0.2) is 6.61 Å². The van der Waals surface area contributed by atoms with Gasteiger partial charge in [0, 0.05) is 30.1 Å². The van der Waals surface area contributed by atoms with E-state index in [1.54, 1.807) is 35.2 Å². The number of nitrogens with zero attached hydrogens (tertiary/aromatic N) is 1. The van der Waals surface area contributed by atoms with Gasteiger partial charge in [0.2, 0.25) is 0 Å². The minimum atomic E-state index is -0.527. The van der Waals surface area contributed by atoms with Crippen molar-refractivity contribution in [1.82, 2.24) is 4.90 Å². The highest BCUT2D eigenvalue weighted by Gasteiger charge is 2.24. The van der Waals surface area contributed by atoms with Gasteiger partial charge in [-0.3, -0.25) is 4.79 Å². The number of hydrogen-bond donors (Lipinski definition) is 0. The summed E-state index contributed by atoms with van der Waals surface area (Å²) >= 11 is 0. The predicted octanol–water partition coefficient (Wildman–Crippen LogP) is 4.24. The van der Waals surface area contributed by atoms with E-state index in [0.717, 1.165) is 42.3 Å². The molecule has 2 heterocycles. The lowest BCUT2D eigenvalue weighted by molar-refractivity contribution is -0.137. The van der Waals surface area contributed by atoms with Crippen LogP contribution >= 0.6 is 0 Å². The number of benzene rings is 2. The molecule has 0 aliphatic carbocycles. The molecule has 0 unspecified atom stereocenters. The van der Waals surface area contributed by atoms with Crippen LogP contribution in [0.1, 0.15) is 47.7 Å². The van der Waals surface area contributed by atoms with Crippen LogP contribution in [-0.4, -0.2) is 36.0 Å². The van der Waals surface area contributed by atoms with Crippen LogP contribution in [0, 0.1) is 6.92 Å². The first kappa shape index (κ1) is 22.6. The average molecular weight is 450 g/mol. The molecule has 1 fully saturated rings. The monoisotopic (exact) mass is 449 g/mol. The average Bonchev–Trinajstić information content (AvgIpc) is 2.81. The number of fused-ring (bicyclic) bond motifs is 1. The highest BCUT2D eigenvalue weighted by atomic mass is 16.5. The van der Waals surface area contributed by atoms with E-state index in [9.17, 15) is 14.4 Å². The van der Waals surface area contributed by atoms with Crippen LogP contribution in [0.15, 0.2) is 57.7 Å². The molecule has 2 aromatic carbocycles. The predicted molar refractivity (Wildman–Crippen MR) is 123 cm³/mol. The van der Waals surface area contributed by atoms with Crippen molar-refractivity contribution in [3.8, 4) is 5.75 Å². The minimum absolute atomic E-state index is 0.151. The summed E-state index contributed by atoms with van der Waals surface area (Å²) in [5.74, 6) is -0.104. The first-order valence-electron chi connectivity index (χ1n) is 11.1. The molecule has 33 heavy (non-hydrogen) atoms. The zero-order chi connectivity index (χ0) is 23.4. The van der Waals surface area contributed by atoms with Crippen molar-refractivity contribution >= 4 is 22.8 Å². The third-order valence-corrected chi connectivity index (χ3v) is 5.97. The second-order valence-corrected chi connectivity index (χ2v) is 8.40. The normalized spacial score (nSPS) is 15.9. The van der Waals surface area contributed by atoms with Crippen LogP contribution in [0.4, 0.5) is 0 Å². The van der Waals surface area contributed by atoms with Gasteiger partial charge in [-0.15, -0.1) is 0 Å². The fourth-order valence-corrected chi connectivity index (χ4v) is 4.06. The number of esters is 1. The van der Waals surface area contributed by atoms with Crippen molar-refractivity contribution in [1.29, 1.82) is 0 Å². The third-order valence-electron chi connectivity index (χ3n) is 5.97. The van der Waals surface area contributed by atoms with Crippen molar-refractivity contribution in [2.45, 2.75) is 45.8 Å². The van der Waals surface area contributed by atoms with Gasteiger partial charge in [-0.25, -0.2) is 9.59 Å². The van der Waals surface area contributed by atoms with Gasteiger partial charge in [-0.1, -0.05) is 12.1 Å². The van der Waals surface area contributed by atoms with Gasteiger partial charge in [-0.05, 0) is 68.5 Å². The number of hydrogen-bond acceptors (Lipinski definition) is 6. The van der Waals surface area contributed by atoms with Gasteiger partial charge >= 0.3 is 11.6 Å². The Morgan fingerprint density at radius 1 is 1.09 bits per heavy atom. The Kier molecular flexibility index (Phi) is 6.77. The molecular formula is C26H27NO6. The van der Waals surface area contributed by atoms with E-state index >= 15 is 0 Å². The summed E-state index contributed by atoms with van der Waals surface area (Å²) in [6, 6.07) is 13.9. The van der Waals surface area contributed by atoms with Gasteiger partial charge in [-0.2, -0.15) is 0 Å². The van der Waals surface area contributed by atoms with Gasteiger partial charge < -0.3 is 18.8 Å². The van der Waals surface area contributed by atoms with E-state index in [0.29, 0.717) is 16.9 Å². The molecule has 1 aliphatic rings. The number of ether oxygens (including phenoxy) is 2. The van der Waals surface area contributed by atoms with Crippen molar-refractivity contribution in [2.75, 3.05) is 13.2 Å². The molecule has 1 aromatic heterocycles. The van der Waals surface area contributed by atoms with Crippen molar-refractivity contribution < 1.29 is 23.5 Å². The Hall–Kier alpha value is -3.61. The molecule has 172 valence electrons. The Labute approximate surface area is 191 Å². The summed E-state index contributed by atoms with van der Waals surface area (Å²) in [5.41, 5.74) is 2.16. The summed E-state index contributed by atoms with van der Waals surface area (Å²) in [6.45, 7) is 4.63. The Balaban J connectivity index is 1.31.